The van der Waals surface area contributed by atoms with Gasteiger partial charge in [0.15, 0.2) is 0 Å². The summed E-state index contributed by atoms with van der Waals surface area (Å²) >= 11 is 0. The van der Waals surface area contributed by atoms with Crippen LogP contribution < -0.4 is 10.9 Å². The molecule has 3 heterocycles. The minimum Gasteiger partial charge on any atom is -0.337 e. The second kappa shape index (κ2) is 7.89. The number of hydrogen-bond donors (Lipinski definition) is 2. The molecule has 1 fully saturated rings. The van der Waals surface area contributed by atoms with E-state index >= 15 is 0 Å². The van der Waals surface area contributed by atoms with Crippen molar-refractivity contribution in [1.29, 1.82) is 0 Å². The summed E-state index contributed by atoms with van der Waals surface area (Å²) in [4.78, 5) is 34.7. The number of imidazole rings is 1. The molecule has 25 heavy (non-hydrogen) atoms. The normalized spacial score (nSPS) is 15.7. The zero-order valence-electron chi connectivity index (χ0n) is 14.2. The van der Waals surface area contributed by atoms with Crippen molar-refractivity contribution in [3.8, 4) is 0 Å². The number of aryl methyl sites for hydroxylation is 1. The molecule has 0 aliphatic carbocycles. The van der Waals surface area contributed by atoms with Crippen LogP contribution in [0.1, 0.15) is 29.2 Å². The van der Waals surface area contributed by atoms with Gasteiger partial charge in [0.05, 0.1) is 6.54 Å². The van der Waals surface area contributed by atoms with E-state index in [-0.39, 0.29) is 17.5 Å². The number of amides is 2. The van der Waals surface area contributed by atoms with E-state index in [2.05, 4.69) is 25.7 Å². The van der Waals surface area contributed by atoms with Crippen LogP contribution >= 0.6 is 0 Å². The van der Waals surface area contributed by atoms with E-state index in [1.54, 1.807) is 24.4 Å². The highest BCUT2D eigenvalue weighted by Crippen LogP contribution is 2.18. The molecule has 2 aromatic rings. The first-order chi connectivity index (χ1) is 12.1. The maximum Gasteiger partial charge on any atom is 0.288 e. The number of pyridine rings is 1. The van der Waals surface area contributed by atoms with Gasteiger partial charge in [0.25, 0.3) is 5.91 Å². The van der Waals surface area contributed by atoms with Crippen molar-refractivity contribution in [2.24, 2.45) is 13.0 Å². The Hall–Kier alpha value is -2.74. The van der Waals surface area contributed by atoms with Crippen LogP contribution in [0.4, 0.5) is 0 Å². The molecule has 0 spiro atoms. The third kappa shape index (κ3) is 4.42. The topological polar surface area (TPSA) is 92.2 Å². The molecule has 0 bridgehead atoms. The quantitative estimate of drug-likeness (QED) is 0.789. The van der Waals surface area contributed by atoms with Crippen molar-refractivity contribution in [1.82, 2.24) is 30.3 Å². The van der Waals surface area contributed by atoms with Gasteiger partial charge in [0.2, 0.25) is 5.91 Å². The van der Waals surface area contributed by atoms with Gasteiger partial charge in [-0.15, -0.1) is 0 Å². The number of aromatic nitrogens is 3. The lowest BCUT2D eigenvalue weighted by Crippen LogP contribution is -2.47. The number of likely N-dealkylation sites (tertiary alicyclic amines) is 1. The summed E-state index contributed by atoms with van der Waals surface area (Å²) in [6.07, 6.45) is 6.78. The third-order valence-corrected chi connectivity index (χ3v) is 4.44. The SMILES string of the molecule is Cn1ccnc1CN1CCC(C(=O)NNC(=O)c2ccccn2)CC1. The molecule has 1 aliphatic heterocycles. The van der Waals surface area contributed by atoms with Gasteiger partial charge < -0.3 is 4.57 Å². The monoisotopic (exact) mass is 342 g/mol. The first kappa shape index (κ1) is 17.1. The first-order valence-electron chi connectivity index (χ1n) is 8.33. The molecule has 2 amide bonds. The van der Waals surface area contributed by atoms with Crippen LogP contribution in [0.5, 0.6) is 0 Å². The number of piperidine rings is 1. The maximum absolute atomic E-state index is 12.2. The predicted octanol–water partition coefficient (Wildman–Crippen LogP) is 0.488. The van der Waals surface area contributed by atoms with Crippen LogP contribution in [0.25, 0.3) is 0 Å². The molecule has 2 N–H and O–H groups in total. The minimum atomic E-state index is -0.416. The fourth-order valence-corrected chi connectivity index (χ4v) is 2.88. The first-order valence-corrected chi connectivity index (χ1v) is 8.33. The number of carbonyl (C=O) groups excluding carboxylic acids is 2. The van der Waals surface area contributed by atoms with Crippen molar-refractivity contribution >= 4 is 11.8 Å². The zero-order valence-corrected chi connectivity index (χ0v) is 14.2. The minimum absolute atomic E-state index is 0.0957. The van der Waals surface area contributed by atoms with Crippen molar-refractivity contribution < 1.29 is 9.59 Å². The van der Waals surface area contributed by atoms with E-state index in [0.717, 1.165) is 38.3 Å². The van der Waals surface area contributed by atoms with E-state index in [1.807, 2.05) is 17.8 Å². The Bertz CT molecular complexity index is 722. The van der Waals surface area contributed by atoms with E-state index in [1.165, 1.54) is 6.20 Å². The fraction of sp³-hybridized carbons (Fsp3) is 0.412. The molecule has 0 unspecified atom stereocenters. The van der Waals surface area contributed by atoms with Crippen molar-refractivity contribution in [2.75, 3.05) is 13.1 Å². The number of hydrogen-bond acceptors (Lipinski definition) is 5. The molecule has 0 aromatic carbocycles. The summed E-state index contributed by atoms with van der Waals surface area (Å²) in [6.45, 7) is 2.45. The van der Waals surface area contributed by atoms with Gasteiger partial charge >= 0.3 is 0 Å². The summed E-state index contributed by atoms with van der Waals surface area (Å²) in [5, 5.41) is 0. The molecule has 2 aromatic heterocycles. The lowest BCUT2D eigenvalue weighted by atomic mass is 9.96. The van der Waals surface area contributed by atoms with Gasteiger partial charge in [0, 0.05) is 31.6 Å². The molecule has 1 aliphatic rings. The molecule has 8 nitrogen and oxygen atoms in total. The highest BCUT2D eigenvalue weighted by molar-refractivity contribution is 5.93. The van der Waals surface area contributed by atoms with Crippen molar-refractivity contribution in [3.63, 3.8) is 0 Å². The van der Waals surface area contributed by atoms with Crippen LogP contribution in [0.15, 0.2) is 36.8 Å². The summed E-state index contributed by atoms with van der Waals surface area (Å²) in [5.74, 6) is 0.356. The Balaban J connectivity index is 1.42. The number of carbonyl (C=O) groups is 2. The Morgan fingerprint density at radius 1 is 1.16 bits per heavy atom. The molecule has 1 saturated heterocycles. The Morgan fingerprint density at radius 2 is 1.96 bits per heavy atom. The number of rotatable bonds is 4. The number of nitrogens with one attached hydrogen (secondary N) is 2. The van der Waals surface area contributed by atoms with Gasteiger partial charge in [-0.2, -0.15) is 0 Å². The zero-order chi connectivity index (χ0) is 17.6. The van der Waals surface area contributed by atoms with Gasteiger partial charge in [-0.05, 0) is 38.1 Å². The van der Waals surface area contributed by atoms with Crippen LogP contribution in [0.2, 0.25) is 0 Å². The van der Waals surface area contributed by atoms with Crippen molar-refractivity contribution in [2.45, 2.75) is 19.4 Å². The van der Waals surface area contributed by atoms with Gasteiger partial charge in [0.1, 0.15) is 11.5 Å². The smallest absolute Gasteiger partial charge is 0.288 e. The molecular weight excluding hydrogens is 320 g/mol. The molecule has 132 valence electrons. The van der Waals surface area contributed by atoms with Crippen LogP contribution in [-0.4, -0.2) is 44.3 Å². The molecule has 3 rings (SSSR count). The largest absolute Gasteiger partial charge is 0.337 e. The Labute approximate surface area is 146 Å². The van der Waals surface area contributed by atoms with Crippen LogP contribution in [-0.2, 0) is 18.4 Å². The highest BCUT2D eigenvalue weighted by Gasteiger charge is 2.25. The third-order valence-electron chi connectivity index (χ3n) is 4.44. The molecule has 0 radical (unpaired) electrons. The average Bonchev–Trinajstić information content (AvgIpc) is 3.05. The number of hydrazine groups is 1. The van der Waals surface area contributed by atoms with Gasteiger partial charge in [-0.1, -0.05) is 6.07 Å². The van der Waals surface area contributed by atoms with E-state index < -0.39 is 5.91 Å². The van der Waals surface area contributed by atoms with Crippen LogP contribution in [0.3, 0.4) is 0 Å². The standard InChI is InChI=1S/C17H22N6O2/c1-22-11-8-19-15(22)12-23-9-5-13(6-10-23)16(24)20-21-17(25)14-4-2-3-7-18-14/h2-4,7-8,11,13H,5-6,9-10,12H2,1H3,(H,20,24)(H,21,25). The molecule has 8 heteroatoms. The highest BCUT2D eigenvalue weighted by atomic mass is 16.2. The number of nitrogens with zero attached hydrogens (tertiary/aromatic N) is 4. The van der Waals surface area contributed by atoms with E-state index in [0.29, 0.717) is 0 Å². The summed E-state index contributed by atoms with van der Waals surface area (Å²) in [6, 6.07) is 5.05. The van der Waals surface area contributed by atoms with E-state index in [9.17, 15) is 9.59 Å². The average molecular weight is 342 g/mol. The predicted molar refractivity (Wildman–Crippen MR) is 91.1 cm³/mol. The summed E-state index contributed by atoms with van der Waals surface area (Å²) in [7, 11) is 1.98. The molecular formula is C17H22N6O2. The fourth-order valence-electron chi connectivity index (χ4n) is 2.88. The summed E-state index contributed by atoms with van der Waals surface area (Å²) in [5.41, 5.74) is 5.20. The Kier molecular flexibility index (Phi) is 5.39. The molecule has 0 atom stereocenters. The second-order valence-electron chi connectivity index (χ2n) is 6.16. The van der Waals surface area contributed by atoms with Crippen LogP contribution in [0, 0.1) is 5.92 Å². The lowest BCUT2D eigenvalue weighted by Gasteiger charge is -2.30. The van der Waals surface area contributed by atoms with Gasteiger partial charge in [-0.3, -0.25) is 30.3 Å². The summed E-state index contributed by atoms with van der Waals surface area (Å²) < 4.78 is 2.01. The second-order valence-corrected chi connectivity index (χ2v) is 6.16. The maximum atomic E-state index is 12.2. The van der Waals surface area contributed by atoms with Gasteiger partial charge in [-0.25, -0.2) is 4.98 Å². The lowest BCUT2D eigenvalue weighted by molar-refractivity contribution is -0.127. The molecule has 0 saturated carbocycles. The van der Waals surface area contributed by atoms with Crippen molar-refractivity contribution in [3.05, 3.63) is 48.3 Å². The Morgan fingerprint density at radius 3 is 2.60 bits per heavy atom. The van der Waals surface area contributed by atoms with E-state index in [4.69, 9.17) is 0 Å².